The lowest BCUT2D eigenvalue weighted by molar-refractivity contribution is -0.151. The number of aromatic nitrogens is 2. The molecule has 8 heteroatoms. The molecule has 1 atom stereocenters. The van der Waals surface area contributed by atoms with E-state index in [-0.39, 0.29) is 24.0 Å². The molecular weight excluding hydrogens is 324 g/mol. The molecule has 136 valence electrons. The molecule has 3 heterocycles. The number of amides is 1. The van der Waals surface area contributed by atoms with Crippen molar-refractivity contribution in [3.8, 4) is 0 Å². The van der Waals surface area contributed by atoms with Crippen molar-refractivity contribution >= 4 is 11.7 Å². The summed E-state index contributed by atoms with van der Waals surface area (Å²) in [6, 6.07) is 1.63. The number of hydrogen-bond acceptors (Lipinski definition) is 7. The van der Waals surface area contributed by atoms with Gasteiger partial charge in [0.05, 0.1) is 32.5 Å². The van der Waals surface area contributed by atoms with Crippen molar-refractivity contribution < 1.29 is 19.4 Å². The van der Waals surface area contributed by atoms with Crippen molar-refractivity contribution in [3.05, 3.63) is 18.1 Å². The summed E-state index contributed by atoms with van der Waals surface area (Å²) >= 11 is 0. The van der Waals surface area contributed by atoms with Crippen LogP contribution in [0.2, 0.25) is 0 Å². The maximum Gasteiger partial charge on any atom is 0.226 e. The van der Waals surface area contributed by atoms with Gasteiger partial charge in [-0.05, 0) is 18.9 Å². The lowest BCUT2D eigenvalue weighted by Crippen LogP contribution is -2.50. The smallest absolute Gasteiger partial charge is 0.226 e. The monoisotopic (exact) mass is 348 g/mol. The fourth-order valence-corrected chi connectivity index (χ4v) is 3.60. The molecule has 4 rings (SSSR count). The van der Waals surface area contributed by atoms with Crippen LogP contribution in [0, 0.1) is 5.92 Å². The average Bonchev–Trinajstić information content (AvgIpc) is 2.66. The van der Waals surface area contributed by atoms with Crippen LogP contribution >= 0.6 is 0 Å². The van der Waals surface area contributed by atoms with Crippen LogP contribution in [0.3, 0.4) is 0 Å². The molecule has 1 aliphatic carbocycles. The van der Waals surface area contributed by atoms with Gasteiger partial charge in [-0.15, -0.1) is 0 Å². The fraction of sp³-hybridized carbons (Fsp3) is 0.706. The van der Waals surface area contributed by atoms with Crippen LogP contribution in [-0.2, 0) is 14.3 Å². The Morgan fingerprint density at radius 2 is 1.92 bits per heavy atom. The minimum atomic E-state index is -0.339. The van der Waals surface area contributed by atoms with E-state index in [0.717, 1.165) is 18.9 Å². The van der Waals surface area contributed by atoms with Crippen LogP contribution < -0.4 is 4.90 Å². The van der Waals surface area contributed by atoms with E-state index in [1.54, 1.807) is 6.20 Å². The summed E-state index contributed by atoms with van der Waals surface area (Å²) in [5.41, 5.74) is 0. The first-order chi connectivity index (χ1) is 12.2. The van der Waals surface area contributed by atoms with Crippen molar-refractivity contribution in [2.45, 2.75) is 25.0 Å². The Morgan fingerprint density at radius 1 is 1.16 bits per heavy atom. The van der Waals surface area contributed by atoms with E-state index >= 15 is 0 Å². The molecule has 3 aliphatic rings. The number of anilines is 1. The van der Waals surface area contributed by atoms with Gasteiger partial charge in [0.25, 0.3) is 0 Å². The first-order valence-corrected chi connectivity index (χ1v) is 8.94. The largest absolute Gasteiger partial charge is 0.393 e. The van der Waals surface area contributed by atoms with Gasteiger partial charge in [0, 0.05) is 31.7 Å². The number of carbonyl (C=O) groups is 1. The summed E-state index contributed by atoms with van der Waals surface area (Å²) in [4.78, 5) is 25.9. The van der Waals surface area contributed by atoms with Gasteiger partial charge in [0.15, 0.2) is 5.82 Å². The van der Waals surface area contributed by atoms with E-state index < -0.39 is 0 Å². The molecule has 1 saturated carbocycles. The third kappa shape index (κ3) is 3.47. The molecule has 3 fully saturated rings. The lowest BCUT2D eigenvalue weighted by Gasteiger charge is -2.40. The summed E-state index contributed by atoms with van der Waals surface area (Å²) in [6.45, 7) is 4.48. The van der Waals surface area contributed by atoms with Crippen LogP contribution in [0.15, 0.2) is 12.3 Å². The van der Waals surface area contributed by atoms with Crippen molar-refractivity contribution in [1.29, 1.82) is 0 Å². The Bertz CT molecular complexity index is 616. The number of ether oxygens (including phenoxy) is 2. The summed E-state index contributed by atoms with van der Waals surface area (Å²) in [7, 11) is 0. The van der Waals surface area contributed by atoms with Crippen LogP contribution in [0.1, 0.15) is 24.7 Å². The zero-order chi connectivity index (χ0) is 17.2. The standard InChI is InChI=1S/C17H24N4O4/c22-13-9-12(10-13)17(23)21-5-8-25-11-14(21)16-18-2-1-15(19-16)20-3-6-24-7-4-20/h1-2,12-14,22H,3-11H2/t12?,13?,14-/m0/s1. The topological polar surface area (TPSA) is 88.0 Å². The first-order valence-electron chi connectivity index (χ1n) is 8.94. The zero-order valence-electron chi connectivity index (χ0n) is 14.2. The quantitative estimate of drug-likeness (QED) is 0.821. The Kier molecular flexibility index (Phi) is 4.82. The van der Waals surface area contributed by atoms with Crippen LogP contribution in [-0.4, -0.2) is 78.0 Å². The number of nitrogens with zero attached hydrogens (tertiary/aromatic N) is 4. The normalized spacial score (nSPS) is 30.0. The maximum absolute atomic E-state index is 12.8. The van der Waals surface area contributed by atoms with E-state index in [4.69, 9.17) is 14.5 Å². The number of rotatable bonds is 3. The Hall–Kier alpha value is -1.77. The molecule has 25 heavy (non-hydrogen) atoms. The predicted molar refractivity (Wildman–Crippen MR) is 89.1 cm³/mol. The summed E-state index contributed by atoms with van der Waals surface area (Å²) in [5, 5.41) is 9.49. The number of aliphatic hydroxyl groups excluding tert-OH is 1. The number of morpholine rings is 2. The molecule has 0 bridgehead atoms. The highest BCUT2D eigenvalue weighted by Gasteiger charge is 2.40. The van der Waals surface area contributed by atoms with E-state index in [2.05, 4.69) is 9.88 Å². The number of hydrogen-bond donors (Lipinski definition) is 1. The van der Waals surface area contributed by atoms with Gasteiger partial charge < -0.3 is 24.4 Å². The minimum absolute atomic E-state index is 0.0824. The highest BCUT2D eigenvalue weighted by molar-refractivity contribution is 5.80. The van der Waals surface area contributed by atoms with Gasteiger partial charge in [0.2, 0.25) is 5.91 Å². The molecule has 1 aromatic heterocycles. The van der Waals surface area contributed by atoms with Gasteiger partial charge >= 0.3 is 0 Å². The lowest BCUT2D eigenvalue weighted by atomic mass is 9.81. The summed E-state index contributed by atoms with van der Waals surface area (Å²) in [6.07, 6.45) is 2.52. The second-order valence-corrected chi connectivity index (χ2v) is 6.82. The van der Waals surface area contributed by atoms with E-state index in [1.165, 1.54) is 0 Å². The van der Waals surface area contributed by atoms with Crippen LogP contribution in [0.25, 0.3) is 0 Å². The molecule has 2 aliphatic heterocycles. The number of carbonyl (C=O) groups excluding carboxylic acids is 1. The Morgan fingerprint density at radius 3 is 2.68 bits per heavy atom. The average molecular weight is 348 g/mol. The molecule has 0 radical (unpaired) electrons. The van der Waals surface area contributed by atoms with Crippen LogP contribution in [0.4, 0.5) is 5.82 Å². The Labute approximate surface area is 146 Å². The maximum atomic E-state index is 12.8. The second-order valence-electron chi connectivity index (χ2n) is 6.82. The molecule has 1 amide bonds. The van der Waals surface area contributed by atoms with Crippen molar-refractivity contribution in [3.63, 3.8) is 0 Å². The molecule has 2 saturated heterocycles. The molecule has 0 unspecified atom stereocenters. The third-order valence-corrected chi connectivity index (χ3v) is 5.17. The molecule has 0 spiro atoms. The van der Waals surface area contributed by atoms with Crippen LogP contribution in [0.5, 0.6) is 0 Å². The highest BCUT2D eigenvalue weighted by Crippen LogP contribution is 2.33. The summed E-state index contributed by atoms with van der Waals surface area (Å²) < 4.78 is 11.0. The molecule has 0 aromatic carbocycles. The highest BCUT2D eigenvalue weighted by atomic mass is 16.5. The second kappa shape index (κ2) is 7.23. The predicted octanol–water partition coefficient (Wildman–Crippen LogP) is -0.0160. The van der Waals surface area contributed by atoms with Crippen molar-refractivity contribution in [1.82, 2.24) is 14.9 Å². The van der Waals surface area contributed by atoms with Gasteiger partial charge in [-0.3, -0.25) is 4.79 Å². The Balaban J connectivity index is 1.52. The van der Waals surface area contributed by atoms with Gasteiger partial charge in [-0.1, -0.05) is 0 Å². The van der Waals surface area contributed by atoms with Crippen molar-refractivity contribution in [2.75, 3.05) is 51.0 Å². The fourth-order valence-electron chi connectivity index (χ4n) is 3.60. The minimum Gasteiger partial charge on any atom is -0.393 e. The molecule has 8 nitrogen and oxygen atoms in total. The molecule has 1 N–H and O–H groups in total. The first kappa shape index (κ1) is 16.7. The van der Waals surface area contributed by atoms with E-state index in [9.17, 15) is 9.90 Å². The molecular formula is C17H24N4O4. The van der Waals surface area contributed by atoms with Gasteiger partial charge in [-0.25, -0.2) is 9.97 Å². The van der Waals surface area contributed by atoms with Gasteiger partial charge in [-0.2, -0.15) is 0 Å². The number of aliphatic hydroxyl groups is 1. The SMILES string of the molecule is O=C(C1CC(O)C1)N1CCOC[C@H]1c1nccc(N2CCOCC2)n1. The molecule has 1 aromatic rings. The van der Waals surface area contributed by atoms with E-state index in [1.807, 2.05) is 11.0 Å². The zero-order valence-corrected chi connectivity index (χ0v) is 14.2. The van der Waals surface area contributed by atoms with E-state index in [0.29, 0.717) is 51.6 Å². The third-order valence-electron chi connectivity index (χ3n) is 5.17. The summed E-state index contributed by atoms with van der Waals surface area (Å²) in [5.74, 6) is 1.49. The van der Waals surface area contributed by atoms with Gasteiger partial charge in [0.1, 0.15) is 11.9 Å². The van der Waals surface area contributed by atoms with Crippen molar-refractivity contribution in [2.24, 2.45) is 5.92 Å².